The molecule has 0 saturated heterocycles. The molecule has 0 unspecified atom stereocenters. The van der Waals surface area contributed by atoms with Gasteiger partial charge in [0, 0.05) is 21.4 Å². The number of fused-ring (bicyclic) bond motifs is 7. The van der Waals surface area contributed by atoms with Crippen LogP contribution in [0.3, 0.4) is 0 Å². The van der Waals surface area contributed by atoms with Crippen LogP contribution in [0, 0.1) is 0 Å². The van der Waals surface area contributed by atoms with Crippen molar-refractivity contribution in [3.05, 3.63) is 59.6 Å². The van der Waals surface area contributed by atoms with Crippen molar-refractivity contribution in [2.24, 2.45) is 0 Å². The first-order valence-electron chi connectivity index (χ1n) is 7.82. The van der Waals surface area contributed by atoms with Crippen LogP contribution in [-0.4, -0.2) is 8.07 Å². The fourth-order valence-corrected chi connectivity index (χ4v) is 7.30. The molecule has 0 spiro atoms. The molecule has 0 N–H and O–H groups in total. The zero-order valence-corrected chi connectivity index (χ0v) is 14.7. The van der Waals surface area contributed by atoms with E-state index in [2.05, 4.69) is 49.5 Å². The van der Waals surface area contributed by atoms with Crippen molar-refractivity contribution < 1.29 is 4.42 Å². The van der Waals surface area contributed by atoms with Gasteiger partial charge in [-0.2, -0.15) is 0 Å². The summed E-state index contributed by atoms with van der Waals surface area (Å²) in [5.74, 6) is 0. The van der Waals surface area contributed by atoms with E-state index in [9.17, 15) is 0 Å². The van der Waals surface area contributed by atoms with Crippen molar-refractivity contribution in [1.82, 2.24) is 0 Å². The van der Waals surface area contributed by atoms with Gasteiger partial charge in [0.25, 0.3) is 0 Å². The highest BCUT2D eigenvalue weighted by atomic mass is 35.5. The van der Waals surface area contributed by atoms with Crippen molar-refractivity contribution in [3.63, 3.8) is 0 Å². The third-order valence-electron chi connectivity index (χ3n) is 5.14. The zero-order chi connectivity index (χ0) is 15.8. The molecule has 0 amide bonds. The van der Waals surface area contributed by atoms with Crippen molar-refractivity contribution in [3.8, 4) is 11.1 Å². The fourth-order valence-electron chi connectivity index (χ4n) is 3.97. The van der Waals surface area contributed by atoms with Crippen LogP contribution in [0.25, 0.3) is 33.1 Å². The van der Waals surface area contributed by atoms with Crippen molar-refractivity contribution in [2.45, 2.75) is 13.1 Å². The van der Waals surface area contributed by atoms with E-state index < -0.39 is 8.07 Å². The third kappa shape index (κ3) is 1.63. The Morgan fingerprint density at radius 3 is 2.57 bits per heavy atom. The second-order valence-electron chi connectivity index (χ2n) is 6.78. The summed E-state index contributed by atoms with van der Waals surface area (Å²) >= 11 is 6.27. The Hall–Kier alpha value is -2.03. The molecule has 5 rings (SSSR count). The van der Waals surface area contributed by atoms with Crippen molar-refractivity contribution in [2.75, 3.05) is 0 Å². The molecule has 1 nitrogen and oxygen atoms in total. The van der Waals surface area contributed by atoms with Crippen LogP contribution in [0.4, 0.5) is 0 Å². The summed E-state index contributed by atoms with van der Waals surface area (Å²) in [6.45, 7) is 4.78. The van der Waals surface area contributed by atoms with Gasteiger partial charge in [0.05, 0.1) is 0 Å². The number of hydrogen-bond donors (Lipinski definition) is 0. The molecule has 23 heavy (non-hydrogen) atoms. The predicted octanol–water partition coefficient (Wildman–Crippen LogP) is 5.04. The normalized spacial score (nSPS) is 15.1. The van der Waals surface area contributed by atoms with Crippen LogP contribution in [-0.2, 0) is 0 Å². The van der Waals surface area contributed by atoms with E-state index in [-0.39, 0.29) is 0 Å². The van der Waals surface area contributed by atoms with Gasteiger partial charge in [0.15, 0.2) is 0 Å². The molecule has 4 aromatic rings. The van der Waals surface area contributed by atoms with Crippen molar-refractivity contribution in [1.29, 1.82) is 0 Å². The van der Waals surface area contributed by atoms with Gasteiger partial charge in [0.1, 0.15) is 19.2 Å². The lowest BCUT2D eigenvalue weighted by Gasteiger charge is -2.18. The largest absolute Gasteiger partial charge is 0.455 e. The average Bonchev–Trinajstić information content (AvgIpc) is 3.02. The van der Waals surface area contributed by atoms with Crippen LogP contribution < -0.4 is 10.4 Å². The van der Waals surface area contributed by atoms with Crippen molar-refractivity contribution >= 4 is 52.0 Å². The van der Waals surface area contributed by atoms with Gasteiger partial charge in [0.2, 0.25) is 0 Å². The van der Waals surface area contributed by atoms with E-state index in [4.69, 9.17) is 16.0 Å². The summed E-state index contributed by atoms with van der Waals surface area (Å²) in [7, 11) is -1.72. The molecular weight excluding hydrogens is 320 g/mol. The van der Waals surface area contributed by atoms with Gasteiger partial charge in [-0.25, -0.2) is 0 Å². The second kappa shape index (κ2) is 4.28. The van der Waals surface area contributed by atoms with Gasteiger partial charge in [-0.3, -0.25) is 0 Å². The Kier molecular flexibility index (Phi) is 2.50. The Labute approximate surface area is 140 Å². The Morgan fingerprint density at radius 2 is 1.70 bits per heavy atom. The molecule has 2 heterocycles. The lowest BCUT2D eigenvalue weighted by molar-refractivity contribution is 0.670. The molecule has 1 aromatic heterocycles. The first-order chi connectivity index (χ1) is 11.1. The van der Waals surface area contributed by atoms with E-state index in [0.717, 1.165) is 16.2 Å². The van der Waals surface area contributed by atoms with Crippen LogP contribution in [0.1, 0.15) is 0 Å². The molecule has 1 aliphatic rings. The number of hydrogen-bond acceptors (Lipinski definition) is 1. The standard InChI is InChI=1S/C20H15ClOSi/c1-23(2)17-10-9-14-13-5-3-4-6-16(13)22-20(14)19(17)15-8-7-12(21)11-18(15)23/h3-11H,1-2H3. The third-order valence-corrected chi connectivity index (χ3v) is 8.90. The molecule has 0 atom stereocenters. The predicted molar refractivity (Wildman–Crippen MR) is 101 cm³/mol. The number of halogens is 1. The summed E-state index contributed by atoms with van der Waals surface area (Å²) in [5.41, 5.74) is 4.55. The summed E-state index contributed by atoms with van der Waals surface area (Å²) in [5, 5.41) is 6.06. The van der Waals surface area contributed by atoms with E-state index in [1.54, 1.807) is 0 Å². The first kappa shape index (κ1) is 13.4. The average molecular weight is 335 g/mol. The topological polar surface area (TPSA) is 13.1 Å². The summed E-state index contributed by atoms with van der Waals surface area (Å²) < 4.78 is 6.26. The minimum atomic E-state index is -1.72. The highest BCUT2D eigenvalue weighted by Crippen LogP contribution is 2.39. The van der Waals surface area contributed by atoms with Gasteiger partial charge in [-0.15, -0.1) is 0 Å². The summed E-state index contributed by atoms with van der Waals surface area (Å²) in [6.07, 6.45) is 0. The maximum atomic E-state index is 6.27. The molecule has 112 valence electrons. The van der Waals surface area contributed by atoms with Gasteiger partial charge < -0.3 is 4.42 Å². The van der Waals surface area contributed by atoms with E-state index in [0.29, 0.717) is 0 Å². The SMILES string of the molecule is C[Si]1(C)c2cc(Cl)ccc2-c2c1ccc1c2oc2ccccc21. The molecule has 3 aromatic carbocycles. The van der Waals surface area contributed by atoms with Gasteiger partial charge in [-0.05, 0) is 34.1 Å². The minimum absolute atomic E-state index is 0.818. The van der Waals surface area contributed by atoms with Gasteiger partial charge in [-0.1, -0.05) is 61.1 Å². The summed E-state index contributed by atoms with van der Waals surface area (Å²) in [6, 6.07) is 19.1. The maximum Gasteiger partial charge on any atom is 0.143 e. The first-order valence-corrected chi connectivity index (χ1v) is 11.2. The molecule has 1 aliphatic heterocycles. The van der Waals surface area contributed by atoms with E-state index in [1.165, 1.54) is 32.3 Å². The molecule has 0 radical (unpaired) electrons. The lowest BCUT2D eigenvalue weighted by atomic mass is 10.0. The van der Waals surface area contributed by atoms with Crippen LogP contribution in [0.5, 0.6) is 0 Å². The molecule has 3 heteroatoms. The van der Waals surface area contributed by atoms with Crippen LogP contribution >= 0.6 is 11.6 Å². The molecule has 0 saturated carbocycles. The Morgan fingerprint density at radius 1 is 0.870 bits per heavy atom. The quantitative estimate of drug-likeness (QED) is 0.410. The monoisotopic (exact) mass is 334 g/mol. The number of benzene rings is 3. The zero-order valence-electron chi connectivity index (χ0n) is 13.0. The van der Waals surface area contributed by atoms with Crippen LogP contribution in [0.15, 0.2) is 59.0 Å². The molecule has 0 fully saturated rings. The molecular formula is C20H15ClOSi. The van der Waals surface area contributed by atoms with E-state index in [1.807, 2.05) is 18.2 Å². The lowest BCUT2D eigenvalue weighted by Crippen LogP contribution is -2.49. The second-order valence-corrected chi connectivity index (χ2v) is 11.5. The molecule has 0 bridgehead atoms. The highest BCUT2D eigenvalue weighted by Gasteiger charge is 2.39. The van der Waals surface area contributed by atoms with E-state index >= 15 is 0 Å². The maximum absolute atomic E-state index is 6.27. The Bertz CT molecular complexity index is 1110. The minimum Gasteiger partial charge on any atom is -0.455 e. The van der Waals surface area contributed by atoms with Crippen LogP contribution in [0.2, 0.25) is 18.1 Å². The highest BCUT2D eigenvalue weighted by molar-refractivity contribution is 7.04. The number of para-hydroxylation sites is 1. The smallest absolute Gasteiger partial charge is 0.143 e. The number of furan rings is 1. The fraction of sp³-hybridized carbons (Fsp3) is 0.100. The summed E-state index contributed by atoms with van der Waals surface area (Å²) in [4.78, 5) is 0. The Balaban J connectivity index is 1.99. The van der Waals surface area contributed by atoms with Gasteiger partial charge >= 0.3 is 0 Å². The molecule has 0 aliphatic carbocycles. The number of rotatable bonds is 0.